The summed E-state index contributed by atoms with van der Waals surface area (Å²) in [6.45, 7) is 1.87. The number of nitrogens with one attached hydrogen (secondary N) is 1. The monoisotopic (exact) mass is 431 g/mol. The summed E-state index contributed by atoms with van der Waals surface area (Å²) < 4.78 is 25.9. The van der Waals surface area contributed by atoms with E-state index in [-0.39, 0.29) is 11.3 Å². The first-order valence-corrected chi connectivity index (χ1v) is 8.82. The molecule has 0 aliphatic carbocycles. The molecule has 2 aromatic heterocycles. The van der Waals surface area contributed by atoms with E-state index in [2.05, 4.69) is 31.1 Å². The number of benzene rings is 2. The van der Waals surface area contributed by atoms with E-state index in [4.69, 9.17) is 9.47 Å². The molecule has 0 unspecified atom stereocenters. The second-order valence-corrected chi connectivity index (χ2v) is 6.88. The molecule has 8 heteroatoms. The van der Waals surface area contributed by atoms with Gasteiger partial charge < -0.3 is 14.6 Å². The predicted octanol–water partition coefficient (Wildman–Crippen LogP) is 4.71. The second kappa shape index (κ2) is 6.38. The van der Waals surface area contributed by atoms with Gasteiger partial charge in [-0.25, -0.2) is 9.37 Å². The molecule has 0 fully saturated rings. The third kappa shape index (κ3) is 2.68. The third-order valence-electron chi connectivity index (χ3n) is 4.49. The molecule has 0 aliphatic rings. The number of methoxy groups -OCH3 is 2. The lowest BCUT2D eigenvalue weighted by molar-refractivity contribution is 0.356. The molecule has 0 radical (unpaired) electrons. The Bertz CT molecular complexity index is 1210. The number of aromatic hydroxyl groups is 1. The fourth-order valence-electron chi connectivity index (χ4n) is 3.20. The molecule has 4 aromatic rings. The number of fused-ring (bicyclic) bond motifs is 3. The molecule has 138 valence electrons. The number of aromatic amines is 1. The van der Waals surface area contributed by atoms with Crippen molar-refractivity contribution in [1.82, 2.24) is 15.2 Å². The van der Waals surface area contributed by atoms with E-state index in [1.165, 1.54) is 13.2 Å². The van der Waals surface area contributed by atoms with Gasteiger partial charge in [-0.3, -0.25) is 5.10 Å². The molecule has 2 heterocycles. The predicted molar refractivity (Wildman–Crippen MR) is 104 cm³/mol. The average molecular weight is 432 g/mol. The summed E-state index contributed by atoms with van der Waals surface area (Å²) in [7, 11) is 3.10. The van der Waals surface area contributed by atoms with E-state index in [0.29, 0.717) is 32.7 Å². The number of nitrogens with zero attached hydrogens (tertiary/aromatic N) is 2. The van der Waals surface area contributed by atoms with Crippen LogP contribution in [0.25, 0.3) is 33.1 Å². The molecule has 4 rings (SSSR count). The first-order valence-electron chi connectivity index (χ1n) is 8.03. The van der Waals surface area contributed by atoms with E-state index < -0.39 is 5.82 Å². The van der Waals surface area contributed by atoms with Crippen molar-refractivity contribution < 1.29 is 19.0 Å². The number of hydrogen-bond donors (Lipinski definition) is 2. The highest BCUT2D eigenvalue weighted by molar-refractivity contribution is 9.10. The Labute approximate surface area is 162 Å². The van der Waals surface area contributed by atoms with Crippen LogP contribution in [-0.2, 0) is 0 Å². The highest BCUT2D eigenvalue weighted by Gasteiger charge is 2.20. The van der Waals surface area contributed by atoms with Crippen LogP contribution in [0.2, 0.25) is 0 Å². The summed E-state index contributed by atoms with van der Waals surface area (Å²) in [6.07, 6.45) is 0. The second-order valence-electron chi connectivity index (χ2n) is 6.03. The summed E-state index contributed by atoms with van der Waals surface area (Å²) >= 11 is 3.24. The quantitative estimate of drug-likeness (QED) is 0.490. The molecule has 2 N–H and O–H groups in total. The lowest BCUT2D eigenvalue weighted by Gasteiger charge is -2.13. The summed E-state index contributed by atoms with van der Waals surface area (Å²) in [5.74, 6) is 0.288. The average Bonchev–Trinajstić information content (AvgIpc) is 3.03. The molecule has 0 amide bonds. The summed E-state index contributed by atoms with van der Waals surface area (Å²) in [5.41, 5.74) is 1.95. The van der Waals surface area contributed by atoms with Gasteiger partial charge in [-0.1, -0.05) is 0 Å². The van der Waals surface area contributed by atoms with Gasteiger partial charge in [0.2, 0.25) is 0 Å². The molecular weight excluding hydrogens is 417 g/mol. The van der Waals surface area contributed by atoms with Crippen LogP contribution in [0.3, 0.4) is 0 Å². The highest BCUT2D eigenvalue weighted by atomic mass is 79.9. The minimum absolute atomic E-state index is 0.182. The summed E-state index contributed by atoms with van der Waals surface area (Å²) in [4.78, 5) is 4.60. The fraction of sp³-hybridized carbons (Fsp3) is 0.158. The maximum absolute atomic E-state index is 14.7. The number of halogens is 2. The van der Waals surface area contributed by atoms with Gasteiger partial charge in [-0.2, -0.15) is 5.10 Å². The van der Waals surface area contributed by atoms with E-state index in [1.807, 2.05) is 13.0 Å². The molecule has 0 saturated heterocycles. The molecule has 0 aliphatic heterocycles. The van der Waals surface area contributed by atoms with Gasteiger partial charge in [0.1, 0.15) is 11.6 Å². The number of hydrogen-bond acceptors (Lipinski definition) is 5. The van der Waals surface area contributed by atoms with E-state index in [1.54, 1.807) is 13.2 Å². The van der Waals surface area contributed by atoms with Crippen molar-refractivity contribution in [2.75, 3.05) is 14.2 Å². The van der Waals surface area contributed by atoms with Crippen LogP contribution in [0, 0.1) is 12.7 Å². The van der Waals surface area contributed by atoms with Gasteiger partial charge in [0.15, 0.2) is 17.1 Å². The molecule has 0 spiro atoms. The Morgan fingerprint density at radius 2 is 1.74 bits per heavy atom. The topological polar surface area (TPSA) is 80.3 Å². The van der Waals surface area contributed by atoms with Crippen LogP contribution in [-0.4, -0.2) is 34.5 Å². The van der Waals surface area contributed by atoms with E-state index in [9.17, 15) is 9.50 Å². The van der Waals surface area contributed by atoms with E-state index in [0.717, 1.165) is 22.5 Å². The zero-order valence-electron chi connectivity index (χ0n) is 14.7. The molecule has 0 saturated carbocycles. The number of ether oxygens (including phenoxy) is 2. The smallest absolute Gasteiger partial charge is 0.161 e. The van der Waals surface area contributed by atoms with E-state index >= 15 is 0 Å². The molecule has 6 nitrogen and oxygen atoms in total. The summed E-state index contributed by atoms with van der Waals surface area (Å²) in [6, 6.07) is 6.15. The Kier molecular flexibility index (Phi) is 4.15. The molecular formula is C19H15BrFN3O3. The lowest BCUT2D eigenvalue weighted by Crippen LogP contribution is -1.96. The van der Waals surface area contributed by atoms with Crippen LogP contribution < -0.4 is 9.47 Å². The maximum Gasteiger partial charge on any atom is 0.161 e. The number of phenolic OH excluding ortho intramolecular Hbond substituents is 1. The van der Waals surface area contributed by atoms with Crippen molar-refractivity contribution in [3.63, 3.8) is 0 Å². The maximum atomic E-state index is 14.7. The van der Waals surface area contributed by atoms with Crippen LogP contribution in [0.15, 0.2) is 28.7 Å². The Morgan fingerprint density at radius 3 is 2.41 bits per heavy atom. The SMILES string of the molecule is COc1cc2c(-c3cc(Br)c(O)cc3F)nc3[nH]nc(C)c3c2cc1OC. The van der Waals surface area contributed by atoms with Crippen molar-refractivity contribution in [2.45, 2.75) is 6.92 Å². The van der Waals surface area contributed by atoms with Crippen molar-refractivity contribution in [3.8, 4) is 28.5 Å². The van der Waals surface area contributed by atoms with Crippen molar-refractivity contribution in [1.29, 1.82) is 0 Å². The Morgan fingerprint density at radius 1 is 1.07 bits per heavy atom. The number of aryl methyl sites for hydroxylation is 1. The Hall–Kier alpha value is -2.87. The Balaban J connectivity index is 2.18. The lowest BCUT2D eigenvalue weighted by atomic mass is 10.00. The van der Waals surface area contributed by atoms with Crippen molar-refractivity contribution in [2.24, 2.45) is 0 Å². The normalized spacial score (nSPS) is 11.3. The van der Waals surface area contributed by atoms with Crippen LogP contribution in [0.1, 0.15) is 5.69 Å². The van der Waals surface area contributed by atoms with Gasteiger partial charge in [0.05, 0.1) is 30.1 Å². The fourth-order valence-corrected chi connectivity index (χ4v) is 3.54. The zero-order valence-corrected chi connectivity index (χ0v) is 16.3. The van der Waals surface area contributed by atoms with Gasteiger partial charge in [-0.05, 0) is 41.1 Å². The van der Waals surface area contributed by atoms with Crippen LogP contribution in [0.4, 0.5) is 4.39 Å². The number of rotatable bonds is 3. The van der Waals surface area contributed by atoms with Crippen LogP contribution in [0.5, 0.6) is 17.2 Å². The van der Waals surface area contributed by atoms with Gasteiger partial charge in [0.25, 0.3) is 0 Å². The molecule has 0 bridgehead atoms. The molecule has 0 atom stereocenters. The third-order valence-corrected chi connectivity index (χ3v) is 5.13. The van der Waals surface area contributed by atoms with Crippen molar-refractivity contribution in [3.05, 3.63) is 40.2 Å². The number of phenols is 1. The number of aromatic nitrogens is 3. The standard InChI is InChI=1S/C19H15BrFN3O3/c1-8-17-9-5-15(26-2)16(27-3)6-10(9)18(22-19(17)24-23-8)11-4-12(20)14(25)7-13(11)21/h4-7,25H,1-3H3,(H,22,23,24). The first kappa shape index (κ1) is 17.5. The van der Waals surface area contributed by atoms with Gasteiger partial charge in [-0.15, -0.1) is 0 Å². The van der Waals surface area contributed by atoms with Gasteiger partial charge >= 0.3 is 0 Å². The molecule has 27 heavy (non-hydrogen) atoms. The minimum atomic E-state index is -0.588. The number of H-pyrrole nitrogens is 1. The zero-order chi connectivity index (χ0) is 19.3. The van der Waals surface area contributed by atoms with Crippen molar-refractivity contribution >= 4 is 37.7 Å². The first-order chi connectivity index (χ1) is 12.9. The highest BCUT2D eigenvalue weighted by Crippen LogP contribution is 2.41. The molecule has 2 aromatic carbocycles. The minimum Gasteiger partial charge on any atom is -0.507 e. The van der Waals surface area contributed by atoms with Crippen LogP contribution >= 0.6 is 15.9 Å². The summed E-state index contributed by atoms with van der Waals surface area (Å²) in [5, 5.41) is 19.2. The van der Waals surface area contributed by atoms with Gasteiger partial charge in [0, 0.05) is 27.8 Å². The number of pyridine rings is 1. The largest absolute Gasteiger partial charge is 0.507 e.